The molecule has 0 unspecified atom stereocenters. The minimum Gasteiger partial charge on any atom is -0.476 e. The molecule has 2 rings (SSSR count). The molecule has 6 nitrogen and oxygen atoms in total. The lowest BCUT2D eigenvalue weighted by molar-refractivity contribution is 0.0696. The highest BCUT2D eigenvalue weighted by molar-refractivity contribution is 7.11. The van der Waals surface area contributed by atoms with E-state index in [1.165, 1.54) is 6.20 Å². The number of aromatic nitrogens is 3. The van der Waals surface area contributed by atoms with Crippen LogP contribution in [0, 0.1) is 0 Å². The smallest absolute Gasteiger partial charge is 0.365 e. The van der Waals surface area contributed by atoms with Gasteiger partial charge in [0, 0.05) is 11.6 Å². The summed E-state index contributed by atoms with van der Waals surface area (Å²) in [5.41, 5.74) is 6.73. The molecule has 0 aromatic carbocycles. The van der Waals surface area contributed by atoms with Gasteiger partial charge in [0.25, 0.3) is 0 Å². The van der Waals surface area contributed by atoms with E-state index in [4.69, 9.17) is 10.8 Å². The van der Waals surface area contributed by atoms with Gasteiger partial charge in [0.2, 0.25) is 5.01 Å². The molecule has 0 saturated heterocycles. The van der Waals surface area contributed by atoms with E-state index >= 15 is 0 Å². The van der Waals surface area contributed by atoms with Crippen molar-refractivity contribution >= 4 is 23.0 Å². The fourth-order valence-corrected chi connectivity index (χ4v) is 1.76. The number of nitrogens with zero attached hydrogens (tertiary/aromatic N) is 3. The van der Waals surface area contributed by atoms with Gasteiger partial charge in [0.15, 0.2) is 0 Å². The number of rotatable bonds is 3. The highest BCUT2D eigenvalue weighted by Gasteiger charge is 2.09. The predicted molar refractivity (Wildman–Crippen MR) is 54.8 cm³/mol. The van der Waals surface area contributed by atoms with Gasteiger partial charge in [-0.05, 0) is 0 Å². The molecule has 2 aromatic heterocycles. The third-order valence-corrected chi connectivity index (χ3v) is 2.59. The second-order valence-electron chi connectivity index (χ2n) is 2.92. The van der Waals surface area contributed by atoms with Crippen molar-refractivity contribution in [2.75, 3.05) is 5.73 Å². The third kappa shape index (κ3) is 2.13. The van der Waals surface area contributed by atoms with Crippen LogP contribution in [0.5, 0.6) is 0 Å². The minimum absolute atomic E-state index is 0.0881. The van der Waals surface area contributed by atoms with Gasteiger partial charge in [-0.25, -0.2) is 9.78 Å². The first-order valence-corrected chi connectivity index (χ1v) is 4.99. The monoisotopic (exact) mass is 224 g/mol. The molecule has 2 aromatic rings. The molecular formula is C8H8N4O2S. The quantitative estimate of drug-likeness (QED) is 0.799. The summed E-state index contributed by atoms with van der Waals surface area (Å²) < 4.78 is 1.61. The number of hydrogen-bond acceptors (Lipinski definition) is 5. The molecule has 0 bridgehead atoms. The molecule has 0 fully saturated rings. The highest BCUT2D eigenvalue weighted by atomic mass is 32.1. The maximum Gasteiger partial charge on any atom is 0.365 e. The fourth-order valence-electron chi connectivity index (χ4n) is 1.11. The summed E-state index contributed by atoms with van der Waals surface area (Å²) in [5.74, 6) is -1.01. The standard InChI is InChI=1S/C8H8N4O2S/c9-5-1-10-12(2-5)3-6-4-15-7(11-6)8(13)14/h1-2,4H,3,9H2,(H,13,14). The summed E-state index contributed by atoms with van der Waals surface area (Å²) in [6.07, 6.45) is 3.20. The Morgan fingerprint density at radius 1 is 1.67 bits per heavy atom. The van der Waals surface area contributed by atoms with Crippen LogP contribution in [0.1, 0.15) is 15.5 Å². The summed E-state index contributed by atoms with van der Waals surface area (Å²) in [5, 5.41) is 14.4. The van der Waals surface area contributed by atoms with E-state index in [1.807, 2.05) is 0 Å². The van der Waals surface area contributed by atoms with Crippen LogP contribution >= 0.6 is 11.3 Å². The number of aromatic carboxylic acids is 1. The van der Waals surface area contributed by atoms with Gasteiger partial charge < -0.3 is 10.8 Å². The lowest BCUT2D eigenvalue weighted by Gasteiger charge is -1.95. The molecule has 3 N–H and O–H groups in total. The number of anilines is 1. The van der Waals surface area contributed by atoms with Crippen molar-refractivity contribution in [3.05, 3.63) is 28.5 Å². The Kier molecular flexibility index (Phi) is 2.38. The number of nitrogen functional groups attached to an aromatic ring is 1. The molecule has 0 aliphatic rings. The summed E-state index contributed by atoms with van der Waals surface area (Å²) in [7, 11) is 0. The fraction of sp³-hybridized carbons (Fsp3) is 0.125. The largest absolute Gasteiger partial charge is 0.476 e. The summed E-state index contributed by atoms with van der Waals surface area (Å²) in [4.78, 5) is 14.5. The van der Waals surface area contributed by atoms with E-state index in [0.29, 0.717) is 17.9 Å². The summed E-state index contributed by atoms with van der Waals surface area (Å²) in [6, 6.07) is 0. The first kappa shape index (κ1) is 9.66. The van der Waals surface area contributed by atoms with Crippen molar-refractivity contribution in [3.63, 3.8) is 0 Å². The molecule has 78 valence electrons. The Morgan fingerprint density at radius 3 is 3.00 bits per heavy atom. The third-order valence-electron chi connectivity index (χ3n) is 1.71. The van der Waals surface area contributed by atoms with Gasteiger partial charge in [-0.3, -0.25) is 4.68 Å². The zero-order chi connectivity index (χ0) is 10.8. The highest BCUT2D eigenvalue weighted by Crippen LogP contribution is 2.11. The van der Waals surface area contributed by atoms with E-state index in [0.717, 1.165) is 11.3 Å². The molecule has 2 heterocycles. The molecule has 0 aliphatic heterocycles. The van der Waals surface area contributed by atoms with Crippen molar-refractivity contribution in [3.8, 4) is 0 Å². The van der Waals surface area contributed by atoms with Crippen LogP contribution in [0.15, 0.2) is 17.8 Å². The second kappa shape index (κ2) is 3.70. The molecule has 0 aliphatic carbocycles. The molecular weight excluding hydrogens is 216 g/mol. The van der Waals surface area contributed by atoms with E-state index in [9.17, 15) is 4.79 Å². The Labute approximate surface area is 89.0 Å². The number of hydrogen-bond donors (Lipinski definition) is 2. The van der Waals surface area contributed by atoms with Crippen LogP contribution in [-0.2, 0) is 6.54 Å². The average Bonchev–Trinajstić information content (AvgIpc) is 2.76. The van der Waals surface area contributed by atoms with Crippen LogP contribution in [-0.4, -0.2) is 25.8 Å². The first-order chi connectivity index (χ1) is 7.15. The molecule has 0 radical (unpaired) electrons. The lowest BCUT2D eigenvalue weighted by Crippen LogP contribution is -2.01. The molecule has 0 saturated carbocycles. The predicted octanol–water partition coefficient (Wildman–Crippen LogP) is 0.668. The zero-order valence-corrected chi connectivity index (χ0v) is 8.44. The normalized spacial score (nSPS) is 10.4. The Morgan fingerprint density at radius 2 is 2.47 bits per heavy atom. The van der Waals surface area contributed by atoms with Crippen molar-refractivity contribution < 1.29 is 9.90 Å². The summed E-state index contributed by atoms with van der Waals surface area (Å²) >= 11 is 1.10. The van der Waals surface area contributed by atoms with Crippen molar-refractivity contribution in [1.29, 1.82) is 0 Å². The van der Waals surface area contributed by atoms with Gasteiger partial charge in [0.1, 0.15) is 0 Å². The molecule has 0 atom stereocenters. The van der Waals surface area contributed by atoms with E-state index in [2.05, 4.69) is 10.1 Å². The maximum atomic E-state index is 10.6. The van der Waals surface area contributed by atoms with Crippen LogP contribution in [0.3, 0.4) is 0 Å². The van der Waals surface area contributed by atoms with Gasteiger partial charge in [-0.2, -0.15) is 5.10 Å². The average molecular weight is 224 g/mol. The van der Waals surface area contributed by atoms with Crippen molar-refractivity contribution in [2.24, 2.45) is 0 Å². The van der Waals surface area contributed by atoms with E-state index < -0.39 is 5.97 Å². The zero-order valence-electron chi connectivity index (χ0n) is 7.62. The number of carbonyl (C=O) groups is 1. The number of thiazole rings is 1. The van der Waals surface area contributed by atoms with Gasteiger partial charge in [-0.15, -0.1) is 11.3 Å². The molecule has 0 spiro atoms. The number of nitrogens with two attached hydrogens (primary N) is 1. The van der Waals surface area contributed by atoms with Gasteiger partial charge in [-0.1, -0.05) is 0 Å². The van der Waals surface area contributed by atoms with Crippen LogP contribution in [0.4, 0.5) is 5.69 Å². The van der Waals surface area contributed by atoms with E-state index in [-0.39, 0.29) is 5.01 Å². The molecule has 0 amide bonds. The number of carboxylic acids is 1. The lowest BCUT2D eigenvalue weighted by atomic mass is 10.5. The maximum absolute atomic E-state index is 10.6. The van der Waals surface area contributed by atoms with E-state index in [1.54, 1.807) is 16.3 Å². The van der Waals surface area contributed by atoms with Crippen LogP contribution in [0.2, 0.25) is 0 Å². The van der Waals surface area contributed by atoms with Gasteiger partial charge >= 0.3 is 5.97 Å². The van der Waals surface area contributed by atoms with Crippen LogP contribution < -0.4 is 5.73 Å². The van der Waals surface area contributed by atoms with Crippen molar-refractivity contribution in [2.45, 2.75) is 6.54 Å². The minimum atomic E-state index is -1.01. The van der Waals surface area contributed by atoms with Crippen molar-refractivity contribution in [1.82, 2.24) is 14.8 Å². The Bertz CT molecular complexity index is 490. The van der Waals surface area contributed by atoms with Gasteiger partial charge in [0.05, 0.1) is 24.1 Å². The molecule has 7 heteroatoms. The first-order valence-electron chi connectivity index (χ1n) is 4.11. The Balaban J connectivity index is 2.14. The number of carboxylic acid groups (broad SMARTS) is 1. The summed E-state index contributed by atoms with van der Waals surface area (Å²) in [6.45, 7) is 0.432. The molecule has 15 heavy (non-hydrogen) atoms. The SMILES string of the molecule is Nc1cnn(Cc2csc(C(=O)O)n2)c1. The Hall–Kier alpha value is -1.89. The van der Waals surface area contributed by atoms with Crippen LogP contribution in [0.25, 0.3) is 0 Å². The topological polar surface area (TPSA) is 94.0 Å². The second-order valence-corrected chi connectivity index (χ2v) is 3.78.